The van der Waals surface area contributed by atoms with E-state index in [1.54, 1.807) is 17.0 Å². The van der Waals surface area contributed by atoms with Crippen molar-refractivity contribution in [3.8, 4) is 11.4 Å². The lowest BCUT2D eigenvalue weighted by Gasteiger charge is -2.36. The molecule has 1 fully saturated rings. The third kappa shape index (κ3) is 4.94. The summed E-state index contributed by atoms with van der Waals surface area (Å²) in [5, 5.41) is 13.7. The number of anilines is 2. The molecule has 0 spiro atoms. The number of hydrogen-bond acceptors (Lipinski definition) is 8. The highest BCUT2D eigenvalue weighted by atomic mass is 19.1. The van der Waals surface area contributed by atoms with E-state index in [1.165, 1.54) is 24.8 Å². The Morgan fingerprint density at radius 1 is 1.11 bits per heavy atom. The van der Waals surface area contributed by atoms with Gasteiger partial charge in [-0.05, 0) is 42.5 Å². The summed E-state index contributed by atoms with van der Waals surface area (Å²) in [6, 6.07) is 14.0. The molecule has 10 heteroatoms. The zero-order valence-electron chi connectivity index (χ0n) is 20.1. The molecule has 2 aliphatic rings. The molecule has 5 rings (SSSR count). The number of aliphatic hydroxyl groups is 1. The summed E-state index contributed by atoms with van der Waals surface area (Å²) in [5.74, 6) is 0.780. The van der Waals surface area contributed by atoms with Crippen LogP contribution in [-0.4, -0.2) is 70.4 Å². The Labute approximate surface area is 209 Å². The number of aromatic nitrogens is 3. The lowest BCUT2D eigenvalue weighted by Crippen LogP contribution is -2.42. The standard InChI is InChI=1S/C26H29FN6O3/c1-36-26(35)32-12-10-20(11-13-32)28-24-29-23(18-6-4-7-19(27)15-18)30-25(31-24)33-14-9-17-5-2-3-8-21(17)22(33)16-34/h2-8,15,20,22,34H,9-14,16H2,1H3,(H,28,29,30,31). The van der Waals surface area contributed by atoms with Gasteiger partial charge in [0, 0.05) is 31.2 Å². The van der Waals surface area contributed by atoms with Gasteiger partial charge >= 0.3 is 6.09 Å². The van der Waals surface area contributed by atoms with Crippen LogP contribution in [0.3, 0.4) is 0 Å². The maximum Gasteiger partial charge on any atom is 0.409 e. The molecule has 1 saturated heterocycles. The highest BCUT2D eigenvalue weighted by Gasteiger charge is 2.30. The van der Waals surface area contributed by atoms with E-state index in [9.17, 15) is 14.3 Å². The Balaban J connectivity index is 1.46. The first-order valence-corrected chi connectivity index (χ1v) is 12.1. The van der Waals surface area contributed by atoms with Gasteiger partial charge in [-0.3, -0.25) is 0 Å². The Hall–Kier alpha value is -3.79. The molecular formula is C26H29FN6O3. The highest BCUT2D eigenvalue weighted by Crippen LogP contribution is 2.33. The molecule has 3 aromatic rings. The third-order valence-corrected chi connectivity index (χ3v) is 6.81. The predicted octanol–water partition coefficient (Wildman–Crippen LogP) is 3.42. The van der Waals surface area contributed by atoms with E-state index in [-0.39, 0.29) is 30.6 Å². The molecule has 36 heavy (non-hydrogen) atoms. The fourth-order valence-electron chi connectivity index (χ4n) is 4.92. The average molecular weight is 493 g/mol. The maximum atomic E-state index is 14.0. The zero-order valence-corrected chi connectivity index (χ0v) is 20.1. The van der Waals surface area contributed by atoms with E-state index in [0.29, 0.717) is 55.8 Å². The van der Waals surface area contributed by atoms with Gasteiger partial charge in [0.2, 0.25) is 11.9 Å². The first-order chi connectivity index (χ1) is 17.6. The van der Waals surface area contributed by atoms with Crippen LogP contribution in [0.1, 0.15) is 30.0 Å². The van der Waals surface area contributed by atoms with Gasteiger partial charge in [-0.25, -0.2) is 9.18 Å². The molecule has 1 amide bonds. The number of piperidine rings is 1. The van der Waals surface area contributed by atoms with Crippen molar-refractivity contribution in [1.29, 1.82) is 0 Å². The fourth-order valence-corrected chi connectivity index (χ4v) is 4.92. The molecule has 9 nitrogen and oxygen atoms in total. The summed E-state index contributed by atoms with van der Waals surface area (Å²) < 4.78 is 18.8. The Kier molecular flexibility index (Phi) is 6.95. The monoisotopic (exact) mass is 492 g/mol. The minimum Gasteiger partial charge on any atom is -0.453 e. The number of hydrogen-bond donors (Lipinski definition) is 2. The Morgan fingerprint density at radius 3 is 2.67 bits per heavy atom. The Bertz CT molecular complexity index is 1230. The van der Waals surface area contributed by atoms with Crippen molar-refractivity contribution in [3.05, 3.63) is 65.5 Å². The largest absolute Gasteiger partial charge is 0.453 e. The molecule has 2 aromatic carbocycles. The van der Waals surface area contributed by atoms with Gasteiger partial charge < -0.3 is 25.0 Å². The van der Waals surface area contributed by atoms with Gasteiger partial charge in [-0.15, -0.1) is 0 Å². The van der Waals surface area contributed by atoms with Crippen molar-refractivity contribution in [3.63, 3.8) is 0 Å². The SMILES string of the molecule is COC(=O)N1CCC(Nc2nc(-c3cccc(F)c3)nc(N3CCc4ccccc4C3CO)n2)CC1. The molecule has 1 atom stereocenters. The van der Waals surface area contributed by atoms with Crippen molar-refractivity contribution in [2.75, 3.05) is 43.6 Å². The summed E-state index contributed by atoms with van der Waals surface area (Å²) in [7, 11) is 1.38. The van der Waals surface area contributed by atoms with Crippen molar-refractivity contribution in [1.82, 2.24) is 19.9 Å². The molecule has 1 aromatic heterocycles. The topological polar surface area (TPSA) is 104 Å². The summed E-state index contributed by atoms with van der Waals surface area (Å²) >= 11 is 0. The van der Waals surface area contributed by atoms with Gasteiger partial charge in [0.1, 0.15) is 5.82 Å². The number of amides is 1. The predicted molar refractivity (Wildman–Crippen MR) is 133 cm³/mol. The molecule has 1 unspecified atom stereocenters. The first kappa shape index (κ1) is 23.9. The number of nitrogens with zero attached hydrogens (tertiary/aromatic N) is 5. The van der Waals surface area contributed by atoms with Gasteiger partial charge in [0.15, 0.2) is 5.82 Å². The zero-order chi connectivity index (χ0) is 25.1. The number of rotatable bonds is 5. The van der Waals surface area contributed by atoms with E-state index < -0.39 is 0 Å². The number of ether oxygens (including phenoxy) is 1. The van der Waals surface area contributed by atoms with Gasteiger partial charge in [-0.2, -0.15) is 15.0 Å². The second-order valence-corrected chi connectivity index (χ2v) is 9.01. The number of methoxy groups -OCH3 is 1. The molecule has 0 aliphatic carbocycles. The van der Waals surface area contributed by atoms with E-state index in [2.05, 4.69) is 16.4 Å². The van der Waals surface area contributed by atoms with Crippen LogP contribution < -0.4 is 10.2 Å². The molecule has 2 N–H and O–H groups in total. The minimum atomic E-state index is -0.376. The molecule has 2 aliphatic heterocycles. The van der Waals surface area contributed by atoms with Crippen LogP contribution in [0.15, 0.2) is 48.5 Å². The number of likely N-dealkylation sites (tertiary alicyclic amines) is 1. The Morgan fingerprint density at radius 2 is 1.92 bits per heavy atom. The number of carbonyl (C=O) groups excluding carboxylic acids is 1. The van der Waals surface area contributed by atoms with Crippen LogP contribution in [0.5, 0.6) is 0 Å². The molecule has 0 bridgehead atoms. The number of fused-ring (bicyclic) bond motifs is 1. The number of halogens is 1. The molecule has 3 heterocycles. The van der Waals surface area contributed by atoms with Crippen LogP contribution in [0.25, 0.3) is 11.4 Å². The number of benzene rings is 2. The van der Waals surface area contributed by atoms with Crippen LogP contribution in [0.2, 0.25) is 0 Å². The van der Waals surface area contributed by atoms with E-state index in [4.69, 9.17) is 14.7 Å². The maximum absolute atomic E-state index is 14.0. The summed E-state index contributed by atoms with van der Waals surface area (Å²) in [4.78, 5) is 29.5. The van der Waals surface area contributed by atoms with Crippen molar-refractivity contribution in [2.45, 2.75) is 31.3 Å². The molecular weight excluding hydrogens is 463 g/mol. The lowest BCUT2D eigenvalue weighted by atomic mass is 9.93. The summed E-state index contributed by atoms with van der Waals surface area (Å²) in [6.07, 6.45) is 1.89. The fraction of sp³-hybridized carbons (Fsp3) is 0.385. The smallest absolute Gasteiger partial charge is 0.409 e. The molecule has 188 valence electrons. The van der Waals surface area contributed by atoms with Crippen molar-refractivity contribution in [2.24, 2.45) is 0 Å². The van der Waals surface area contributed by atoms with Crippen molar-refractivity contribution < 1.29 is 19.0 Å². The number of aliphatic hydroxyl groups excluding tert-OH is 1. The van der Waals surface area contributed by atoms with Crippen LogP contribution in [0.4, 0.5) is 21.1 Å². The third-order valence-electron chi connectivity index (χ3n) is 6.81. The van der Waals surface area contributed by atoms with Crippen LogP contribution >= 0.6 is 0 Å². The quantitative estimate of drug-likeness (QED) is 0.559. The number of nitrogens with one attached hydrogen (secondary N) is 1. The van der Waals surface area contributed by atoms with Gasteiger partial charge in [0.25, 0.3) is 0 Å². The van der Waals surface area contributed by atoms with E-state index in [0.717, 1.165) is 12.0 Å². The first-order valence-electron chi connectivity index (χ1n) is 12.1. The second-order valence-electron chi connectivity index (χ2n) is 9.01. The lowest BCUT2D eigenvalue weighted by molar-refractivity contribution is 0.113. The summed E-state index contributed by atoms with van der Waals surface area (Å²) in [5.41, 5.74) is 2.78. The number of carbonyl (C=O) groups is 1. The summed E-state index contributed by atoms with van der Waals surface area (Å²) in [6.45, 7) is 1.67. The average Bonchev–Trinajstić information content (AvgIpc) is 2.92. The second kappa shape index (κ2) is 10.4. The van der Waals surface area contributed by atoms with Crippen LogP contribution in [0, 0.1) is 5.82 Å². The normalized spacial score (nSPS) is 18.0. The van der Waals surface area contributed by atoms with Crippen molar-refractivity contribution >= 4 is 18.0 Å². The minimum absolute atomic E-state index is 0.0530. The van der Waals surface area contributed by atoms with E-state index in [1.807, 2.05) is 23.1 Å². The molecule has 0 radical (unpaired) electrons. The highest BCUT2D eigenvalue weighted by molar-refractivity contribution is 5.67. The molecule has 0 saturated carbocycles. The van der Waals surface area contributed by atoms with E-state index >= 15 is 0 Å². The van der Waals surface area contributed by atoms with Gasteiger partial charge in [0.05, 0.1) is 19.8 Å². The van der Waals surface area contributed by atoms with Crippen LogP contribution in [-0.2, 0) is 11.2 Å². The van der Waals surface area contributed by atoms with Gasteiger partial charge in [-0.1, -0.05) is 36.4 Å².